The SMILES string of the molecule is CCCOc1c[c]cc(C(C)C)c1. The van der Waals surface area contributed by atoms with E-state index < -0.39 is 0 Å². The lowest BCUT2D eigenvalue weighted by Crippen LogP contribution is -1.96. The van der Waals surface area contributed by atoms with Crippen molar-refractivity contribution < 1.29 is 4.74 Å². The van der Waals surface area contributed by atoms with Gasteiger partial charge in [-0.2, -0.15) is 0 Å². The fourth-order valence-electron chi connectivity index (χ4n) is 1.10. The van der Waals surface area contributed by atoms with E-state index in [9.17, 15) is 0 Å². The summed E-state index contributed by atoms with van der Waals surface area (Å²) in [4.78, 5) is 0. The molecule has 1 rings (SSSR count). The second-order valence-electron chi connectivity index (χ2n) is 3.51. The zero-order valence-corrected chi connectivity index (χ0v) is 8.63. The van der Waals surface area contributed by atoms with Crippen LogP contribution in [0.15, 0.2) is 18.2 Å². The van der Waals surface area contributed by atoms with Gasteiger partial charge in [0.1, 0.15) is 5.75 Å². The molecule has 0 spiro atoms. The van der Waals surface area contributed by atoms with Crippen LogP contribution < -0.4 is 4.74 Å². The highest BCUT2D eigenvalue weighted by atomic mass is 16.5. The van der Waals surface area contributed by atoms with E-state index in [0.717, 1.165) is 18.8 Å². The first kappa shape index (κ1) is 10.1. The molecule has 0 saturated heterocycles. The van der Waals surface area contributed by atoms with Gasteiger partial charge in [-0.25, -0.2) is 0 Å². The first-order valence-corrected chi connectivity index (χ1v) is 4.88. The minimum absolute atomic E-state index is 0.543. The molecule has 13 heavy (non-hydrogen) atoms. The summed E-state index contributed by atoms with van der Waals surface area (Å²) in [5.74, 6) is 1.48. The number of hydrogen-bond acceptors (Lipinski definition) is 1. The minimum Gasteiger partial charge on any atom is -0.494 e. The molecule has 1 radical (unpaired) electrons. The molecule has 0 unspecified atom stereocenters. The van der Waals surface area contributed by atoms with Crippen LogP contribution in [0.4, 0.5) is 0 Å². The molecule has 1 heteroatoms. The quantitative estimate of drug-likeness (QED) is 0.685. The second kappa shape index (κ2) is 4.90. The van der Waals surface area contributed by atoms with Crippen molar-refractivity contribution in [3.63, 3.8) is 0 Å². The van der Waals surface area contributed by atoms with E-state index in [0.29, 0.717) is 5.92 Å². The summed E-state index contributed by atoms with van der Waals surface area (Å²) in [6.07, 6.45) is 1.05. The van der Waals surface area contributed by atoms with Crippen molar-refractivity contribution in [3.05, 3.63) is 29.8 Å². The lowest BCUT2D eigenvalue weighted by atomic mass is 10.0. The van der Waals surface area contributed by atoms with Gasteiger partial charge in [0.15, 0.2) is 0 Å². The van der Waals surface area contributed by atoms with Gasteiger partial charge in [-0.1, -0.05) is 26.8 Å². The molecule has 0 aliphatic rings. The van der Waals surface area contributed by atoms with Crippen molar-refractivity contribution in [1.82, 2.24) is 0 Å². The average molecular weight is 177 g/mol. The molecule has 0 N–H and O–H groups in total. The van der Waals surface area contributed by atoms with Crippen LogP contribution in [0.2, 0.25) is 0 Å². The van der Waals surface area contributed by atoms with E-state index in [1.165, 1.54) is 5.56 Å². The normalized spacial score (nSPS) is 10.5. The topological polar surface area (TPSA) is 9.23 Å². The standard InChI is InChI=1S/C12H17O/c1-4-8-13-12-7-5-6-11(9-12)10(2)3/h6-7,9-10H,4,8H2,1-3H3. The van der Waals surface area contributed by atoms with Crippen molar-refractivity contribution in [1.29, 1.82) is 0 Å². The van der Waals surface area contributed by atoms with E-state index >= 15 is 0 Å². The van der Waals surface area contributed by atoms with Gasteiger partial charge in [0.05, 0.1) is 6.61 Å². The predicted octanol–water partition coefficient (Wildman–Crippen LogP) is 3.40. The molecule has 0 aliphatic heterocycles. The fraction of sp³-hybridized carbons (Fsp3) is 0.500. The highest BCUT2D eigenvalue weighted by Crippen LogP contribution is 2.19. The Morgan fingerprint density at radius 3 is 2.77 bits per heavy atom. The lowest BCUT2D eigenvalue weighted by molar-refractivity contribution is 0.317. The van der Waals surface area contributed by atoms with Gasteiger partial charge in [0.2, 0.25) is 0 Å². The van der Waals surface area contributed by atoms with Crippen LogP contribution in [0.1, 0.15) is 38.7 Å². The van der Waals surface area contributed by atoms with E-state index in [1.54, 1.807) is 0 Å². The Kier molecular flexibility index (Phi) is 3.81. The molecule has 0 saturated carbocycles. The van der Waals surface area contributed by atoms with Crippen LogP contribution in [0.25, 0.3) is 0 Å². The van der Waals surface area contributed by atoms with Gasteiger partial charge in [-0.05, 0) is 36.1 Å². The Morgan fingerprint density at radius 1 is 1.38 bits per heavy atom. The lowest BCUT2D eigenvalue weighted by Gasteiger charge is -2.08. The summed E-state index contributed by atoms with van der Waals surface area (Å²) in [5.41, 5.74) is 1.29. The molecule has 0 heterocycles. The highest BCUT2D eigenvalue weighted by molar-refractivity contribution is 5.29. The molecule has 0 aromatic heterocycles. The van der Waals surface area contributed by atoms with E-state index in [2.05, 4.69) is 32.9 Å². The second-order valence-corrected chi connectivity index (χ2v) is 3.51. The summed E-state index contributed by atoms with van der Waals surface area (Å²) >= 11 is 0. The van der Waals surface area contributed by atoms with Gasteiger partial charge in [0, 0.05) is 0 Å². The number of hydrogen-bond donors (Lipinski definition) is 0. The molecule has 0 fully saturated rings. The van der Waals surface area contributed by atoms with Crippen LogP contribution in [0.3, 0.4) is 0 Å². The molecule has 0 bridgehead atoms. The summed E-state index contributed by atoms with van der Waals surface area (Å²) in [6.45, 7) is 7.24. The monoisotopic (exact) mass is 177 g/mol. The fourth-order valence-corrected chi connectivity index (χ4v) is 1.10. The third kappa shape index (κ3) is 3.10. The Labute approximate surface area is 80.7 Å². The first-order chi connectivity index (χ1) is 6.24. The number of ether oxygens (including phenoxy) is 1. The predicted molar refractivity (Wildman–Crippen MR) is 55.2 cm³/mol. The van der Waals surface area contributed by atoms with Gasteiger partial charge in [0.25, 0.3) is 0 Å². The maximum atomic E-state index is 5.51. The molecule has 1 aromatic carbocycles. The zero-order chi connectivity index (χ0) is 9.68. The third-order valence-corrected chi connectivity index (χ3v) is 1.92. The smallest absolute Gasteiger partial charge is 0.120 e. The Bertz CT molecular complexity index is 253. The molecular formula is C12H17O. The summed E-state index contributed by atoms with van der Waals surface area (Å²) < 4.78 is 5.51. The van der Waals surface area contributed by atoms with E-state index in [1.807, 2.05) is 12.1 Å². The molecule has 0 atom stereocenters. The van der Waals surface area contributed by atoms with Gasteiger partial charge < -0.3 is 4.74 Å². The van der Waals surface area contributed by atoms with E-state index in [4.69, 9.17) is 4.74 Å². The van der Waals surface area contributed by atoms with Gasteiger partial charge >= 0.3 is 0 Å². The summed E-state index contributed by atoms with van der Waals surface area (Å²) in [7, 11) is 0. The molecular weight excluding hydrogens is 160 g/mol. The minimum atomic E-state index is 0.543. The molecule has 1 aromatic rings. The van der Waals surface area contributed by atoms with Crippen LogP contribution in [-0.2, 0) is 0 Å². The van der Waals surface area contributed by atoms with Gasteiger partial charge in [-0.3, -0.25) is 0 Å². The average Bonchev–Trinajstić information content (AvgIpc) is 2.15. The van der Waals surface area contributed by atoms with E-state index in [-0.39, 0.29) is 0 Å². The first-order valence-electron chi connectivity index (χ1n) is 4.88. The molecule has 0 aliphatic carbocycles. The number of benzene rings is 1. The molecule has 0 amide bonds. The number of rotatable bonds is 4. The molecule has 1 nitrogen and oxygen atoms in total. The van der Waals surface area contributed by atoms with Crippen LogP contribution in [0.5, 0.6) is 5.75 Å². The van der Waals surface area contributed by atoms with Crippen molar-refractivity contribution in [2.24, 2.45) is 0 Å². The Morgan fingerprint density at radius 2 is 2.15 bits per heavy atom. The van der Waals surface area contributed by atoms with Crippen molar-refractivity contribution >= 4 is 0 Å². The van der Waals surface area contributed by atoms with Crippen LogP contribution >= 0.6 is 0 Å². The van der Waals surface area contributed by atoms with Crippen molar-refractivity contribution in [3.8, 4) is 5.75 Å². The van der Waals surface area contributed by atoms with Crippen LogP contribution in [0, 0.1) is 6.07 Å². The zero-order valence-electron chi connectivity index (χ0n) is 8.63. The van der Waals surface area contributed by atoms with Crippen LogP contribution in [-0.4, -0.2) is 6.61 Å². The van der Waals surface area contributed by atoms with Crippen molar-refractivity contribution in [2.75, 3.05) is 6.61 Å². The summed E-state index contributed by atoms with van der Waals surface area (Å²) in [6, 6.07) is 9.10. The largest absolute Gasteiger partial charge is 0.494 e. The Hall–Kier alpha value is -0.980. The van der Waals surface area contributed by atoms with Crippen molar-refractivity contribution in [2.45, 2.75) is 33.1 Å². The third-order valence-electron chi connectivity index (χ3n) is 1.92. The summed E-state index contributed by atoms with van der Waals surface area (Å²) in [5, 5.41) is 0. The maximum absolute atomic E-state index is 5.51. The Balaban J connectivity index is 2.68. The highest BCUT2D eigenvalue weighted by Gasteiger charge is 2.00. The molecule has 71 valence electrons. The van der Waals surface area contributed by atoms with Gasteiger partial charge in [-0.15, -0.1) is 0 Å². The maximum Gasteiger partial charge on any atom is 0.120 e.